The molecule has 0 fully saturated rings. The van der Waals surface area contributed by atoms with E-state index < -0.39 is 18.1 Å². The van der Waals surface area contributed by atoms with Gasteiger partial charge in [-0.3, -0.25) is 9.59 Å². The van der Waals surface area contributed by atoms with Crippen LogP contribution >= 0.6 is 0 Å². The number of rotatable bonds is 34. The number of carboxylic acids is 1. The monoisotopic (exact) mass is 776 g/mol. The van der Waals surface area contributed by atoms with Gasteiger partial charge in [0.05, 0.1) is 40.3 Å². The Morgan fingerprint density at radius 3 is 1.41 bits per heavy atom. The maximum absolute atomic E-state index is 12.7. The Hall–Kier alpha value is -4.27. The summed E-state index contributed by atoms with van der Waals surface area (Å²) in [5.74, 6) is -1.85. The van der Waals surface area contributed by atoms with Gasteiger partial charge in [0.15, 0.2) is 6.10 Å². The molecule has 0 aliphatic heterocycles. The van der Waals surface area contributed by atoms with Crippen molar-refractivity contribution in [2.45, 2.75) is 122 Å². The number of ether oxygens (including phenoxy) is 3. The van der Waals surface area contributed by atoms with E-state index in [9.17, 15) is 19.5 Å². The molecule has 0 aromatic heterocycles. The van der Waals surface area contributed by atoms with Crippen LogP contribution in [0.15, 0.2) is 122 Å². The van der Waals surface area contributed by atoms with Crippen molar-refractivity contribution < 1.29 is 38.2 Å². The van der Waals surface area contributed by atoms with E-state index in [1.807, 2.05) is 91.1 Å². The Morgan fingerprint density at radius 1 is 0.536 bits per heavy atom. The molecule has 2 unspecified atom stereocenters. The summed E-state index contributed by atoms with van der Waals surface area (Å²) in [7, 11) is 5.36. The molecular formula is C48H73NO7. The van der Waals surface area contributed by atoms with Crippen molar-refractivity contribution in [3.05, 3.63) is 122 Å². The van der Waals surface area contributed by atoms with E-state index >= 15 is 0 Å². The van der Waals surface area contributed by atoms with Crippen molar-refractivity contribution in [1.82, 2.24) is 0 Å². The number of carbonyl (C=O) groups excluding carboxylic acids is 3. The molecule has 8 heteroatoms. The van der Waals surface area contributed by atoms with Crippen molar-refractivity contribution >= 4 is 17.9 Å². The van der Waals surface area contributed by atoms with Gasteiger partial charge in [0.2, 0.25) is 0 Å². The largest absolute Gasteiger partial charge is 0.544 e. The fourth-order valence-corrected chi connectivity index (χ4v) is 5.17. The van der Waals surface area contributed by atoms with Gasteiger partial charge in [0.25, 0.3) is 0 Å². The molecule has 312 valence electrons. The molecular weight excluding hydrogens is 703 g/mol. The lowest BCUT2D eigenvalue weighted by atomic mass is 10.1. The number of nitrogens with zero attached hydrogens (tertiary/aromatic N) is 1. The molecule has 0 bridgehead atoms. The SMILES string of the molecule is CC/C=C/C=C/C=C/C=C/C=C/C=C/CCCCCC(=O)OCC(COCCC(C(=O)[O-])[N+](C)(C)C)OC(=O)CCCCCCC/C=C/C=C/C=C/C=C/CC. The van der Waals surface area contributed by atoms with Crippen LogP contribution in [0.5, 0.6) is 0 Å². The van der Waals surface area contributed by atoms with Crippen LogP contribution in [-0.2, 0) is 28.6 Å². The summed E-state index contributed by atoms with van der Waals surface area (Å²) < 4.78 is 17.1. The first-order chi connectivity index (χ1) is 27.1. The number of hydrogen-bond donors (Lipinski definition) is 0. The summed E-state index contributed by atoms with van der Waals surface area (Å²) in [6, 6.07) is -0.746. The summed E-state index contributed by atoms with van der Waals surface area (Å²) in [5.41, 5.74) is 0. The van der Waals surface area contributed by atoms with E-state index in [0.29, 0.717) is 6.42 Å². The van der Waals surface area contributed by atoms with Crippen molar-refractivity contribution in [3.63, 3.8) is 0 Å². The minimum atomic E-state index is -1.14. The van der Waals surface area contributed by atoms with Gasteiger partial charge in [0.1, 0.15) is 12.6 Å². The highest BCUT2D eigenvalue weighted by molar-refractivity contribution is 5.70. The van der Waals surface area contributed by atoms with E-state index in [4.69, 9.17) is 14.2 Å². The van der Waals surface area contributed by atoms with Gasteiger partial charge in [-0.1, -0.05) is 161 Å². The zero-order valence-corrected chi connectivity index (χ0v) is 35.2. The van der Waals surface area contributed by atoms with E-state index in [-0.39, 0.29) is 55.5 Å². The molecule has 0 heterocycles. The third-order valence-corrected chi connectivity index (χ3v) is 8.35. The first kappa shape index (κ1) is 51.7. The maximum atomic E-state index is 12.7. The lowest BCUT2D eigenvalue weighted by molar-refractivity contribution is -0.889. The third kappa shape index (κ3) is 35.4. The molecule has 0 aliphatic rings. The van der Waals surface area contributed by atoms with Crippen LogP contribution in [0, 0.1) is 0 Å². The average molecular weight is 776 g/mol. The number of hydrogen-bond acceptors (Lipinski definition) is 7. The Bertz CT molecular complexity index is 1320. The van der Waals surface area contributed by atoms with E-state index in [1.165, 1.54) is 0 Å². The van der Waals surface area contributed by atoms with Crippen LogP contribution in [0.3, 0.4) is 0 Å². The Morgan fingerprint density at radius 2 is 0.946 bits per heavy atom. The van der Waals surface area contributed by atoms with E-state index in [0.717, 1.165) is 70.6 Å². The molecule has 0 aromatic rings. The third-order valence-electron chi connectivity index (χ3n) is 8.35. The highest BCUT2D eigenvalue weighted by Gasteiger charge is 2.25. The number of carbonyl (C=O) groups is 3. The normalized spacial score (nSPS) is 14.2. The summed E-state index contributed by atoms with van der Waals surface area (Å²) >= 11 is 0. The Labute approximate surface area is 340 Å². The summed E-state index contributed by atoms with van der Waals surface area (Å²) in [6.45, 7) is 4.26. The zero-order valence-electron chi connectivity index (χ0n) is 35.2. The average Bonchev–Trinajstić information content (AvgIpc) is 3.15. The van der Waals surface area contributed by atoms with Crippen LogP contribution < -0.4 is 5.11 Å². The molecule has 0 aromatic carbocycles. The van der Waals surface area contributed by atoms with Crippen molar-refractivity contribution in [2.75, 3.05) is 41.0 Å². The summed E-state index contributed by atoms with van der Waals surface area (Å²) in [6.07, 6.45) is 52.2. The van der Waals surface area contributed by atoms with Gasteiger partial charge >= 0.3 is 11.9 Å². The lowest BCUT2D eigenvalue weighted by Gasteiger charge is -2.34. The van der Waals surface area contributed by atoms with Gasteiger partial charge in [-0.15, -0.1) is 0 Å². The number of likely N-dealkylation sites (N-methyl/N-ethyl adjacent to an activating group) is 1. The van der Waals surface area contributed by atoms with Crippen LogP contribution in [0.25, 0.3) is 0 Å². The van der Waals surface area contributed by atoms with Gasteiger partial charge in [0, 0.05) is 19.3 Å². The van der Waals surface area contributed by atoms with Crippen LogP contribution in [-0.4, -0.2) is 75.5 Å². The van der Waals surface area contributed by atoms with Crippen molar-refractivity contribution in [1.29, 1.82) is 0 Å². The van der Waals surface area contributed by atoms with Crippen LogP contribution in [0.4, 0.5) is 0 Å². The first-order valence-electron chi connectivity index (χ1n) is 20.7. The fraction of sp³-hybridized carbons (Fsp3) is 0.521. The van der Waals surface area contributed by atoms with Crippen molar-refractivity contribution in [3.8, 4) is 0 Å². The molecule has 0 amide bonds. The molecule has 0 radical (unpaired) electrons. The van der Waals surface area contributed by atoms with Crippen molar-refractivity contribution in [2.24, 2.45) is 0 Å². The molecule has 8 nitrogen and oxygen atoms in total. The molecule has 0 saturated carbocycles. The van der Waals surface area contributed by atoms with Gasteiger partial charge in [-0.05, 0) is 51.4 Å². The molecule has 0 spiro atoms. The summed E-state index contributed by atoms with van der Waals surface area (Å²) in [5, 5.41) is 11.6. The van der Waals surface area contributed by atoms with Crippen LogP contribution in [0.2, 0.25) is 0 Å². The zero-order chi connectivity index (χ0) is 41.4. The molecule has 56 heavy (non-hydrogen) atoms. The van der Waals surface area contributed by atoms with Gasteiger partial charge in [-0.25, -0.2) is 0 Å². The second-order valence-electron chi connectivity index (χ2n) is 14.4. The minimum absolute atomic E-state index is 0.00634. The minimum Gasteiger partial charge on any atom is -0.544 e. The lowest BCUT2D eigenvalue weighted by Crippen LogP contribution is -2.55. The quantitative estimate of drug-likeness (QED) is 0.0278. The summed E-state index contributed by atoms with van der Waals surface area (Å²) in [4.78, 5) is 36.8. The fourth-order valence-electron chi connectivity index (χ4n) is 5.17. The first-order valence-corrected chi connectivity index (χ1v) is 20.7. The molecule has 0 saturated heterocycles. The van der Waals surface area contributed by atoms with Gasteiger partial charge in [-0.2, -0.15) is 0 Å². The molecule has 0 N–H and O–H groups in total. The highest BCUT2D eigenvalue weighted by atomic mass is 16.6. The topological polar surface area (TPSA) is 102 Å². The molecule has 0 aliphatic carbocycles. The second kappa shape index (κ2) is 37.6. The number of carboxylic acid groups (broad SMARTS) is 1. The Kier molecular flexibility index (Phi) is 34.8. The standard InChI is InChI=1S/C48H73NO7/c1-6-8-10-12-14-16-18-20-22-23-25-26-28-30-32-34-36-38-46(50)55-43-44(42-54-41-40-45(48(52)53)49(3,4)5)56-47(51)39-37-35-33-31-29-27-24-21-19-17-15-13-11-9-7-2/h8-26,28,44-45H,6-7,27,29-43H2,1-5H3/b10-8+,11-9+,14-12+,15-13+,18-16+,19-17+,22-20+,24-21+,25-23+,28-26+. The Balaban J connectivity index is 4.56. The number of quaternary nitrogens is 1. The number of esters is 2. The maximum Gasteiger partial charge on any atom is 0.306 e. The van der Waals surface area contributed by atoms with Crippen LogP contribution in [0.1, 0.15) is 110 Å². The van der Waals surface area contributed by atoms with Gasteiger partial charge < -0.3 is 28.6 Å². The van der Waals surface area contributed by atoms with E-state index in [2.05, 4.69) is 44.2 Å². The predicted octanol–water partition coefficient (Wildman–Crippen LogP) is 9.74. The number of unbranched alkanes of at least 4 members (excludes halogenated alkanes) is 8. The second-order valence-corrected chi connectivity index (χ2v) is 14.4. The molecule has 2 atom stereocenters. The number of aliphatic carboxylic acids is 1. The smallest absolute Gasteiger partial charge is 0.306 e. The highest BCUT2D eigenvalue weighted by Crippen LogP contribution is 2.12. The number of allylic oxidation sites excluding steroid dienone is 20. The predicted molar refractivity (Wildman–Crippen MR) is 230 cm³/mol. The van der Waals surface area contributed by atoms with E-state index in [1.54, 1.807) is 21.1 Å². The molecule has 0 rings (SSSR count).